The minimum absolute atomic E-state index is 0.146. The minimum Gasteiger partial charge on any atom is -0.356 e. The Kier molecular flexibility index (Phi) is 4.97. The van der Waals surface area contributed by atoms with E-state index in [0.29, 0.717) is 0 Å². The average Bonchev–Trinajstić information content (AvgIpc) is 3.24. The largest absolute Gasteiger partial charge is 0.356 e. The molecule has 0 amide bonds. The topological polar surface area (TPSA) is 73.8 Å². The zero-order valence-electron chi connectivity index (χ0n) is 19.3. The van der Waals surface area contributed by atoms with E-state index in [0.717, 1.165) is 60.1 Å². The molecule has 2 aliphatic heterocycles. The minimum atomic E-state index is 0.146. The van der Waals surface area contributed by atoms with Crippen molar-refractivity contribution in [2.24, 2.45) is 0 Å². The van der Waals surface area contributed by atoms with Gasteiger partial charge in [-0.25, -0.2) is 4.98 Å². The van der Waals surface area contributed by atoms with Crippen molar-refractivity contribution >= 4 is 22.8 Å². The fourth-order valence-electron chi connectivity index (χ4n) is 5.36. The van der Waals surface area contributed by atoms with Crippen LogP contribution in [0, 0.1) is 6.92 Å². The highest BCUT2D eigenvalue weighted by molar-refractivity contribution is 5.86. The number of aryl methyl sites for hydroxylation is 1. The number of rotatable bonds is 3. The van der Waals surface area contributed by atoms with Crippen LogP contribution in [0.2, 0.25) is 0 Å². The molecule has 2 aliphatic rings. The molecule has 0 bridgehead atoms. The lowest BCUT2D eigenvalue weighted by Crippen LogP contribution is -2.36. The van der Waals surface area contributed by atoms with E-state index in [-0.39, 0.29) is 6.04 Å². The van der Waals surface area contributed by atoms with Gasteiger partial charge in [0.1, 0.15) is 5.82 Å². The standard InChI is InChI=1S/C26H29N7/c1-17-8-4-5-9-19(17)22-16-20-24-18(2)33(15-11-21(24)28-25(20)31-30-22)26-27-12-10-23(29-26)32-13-6-3-7-14-32/h4-5,8-10,12,16,18H,3,6-7,11,13-15H2,1-2H3,(H,28,31)/t18-/m1/s1. The van der Waals surface area contributed by atoms with Crippen molar-refractivity contribution in [3.05, 3.63) is 59.4 Å². The Hall–Kier alpha value is -3.48. The number of nitrogens with zero attached hydrogens (tertiary/aromatic N) is 6. The van der Waals surface area contributed by atoms with E-state index in [1.807, 2.05) is 12.3 Å². The summed E-state index contributed by atoms with van der Waals surface area (Å²) in [5.74, 6) is 1.86. The van der Waals surface area contributed by atoms with Crippen molar-refractivity contribution in [3.8, 4) is 11.3 Å². The van der Waals surface area contributed by atoms with Crippen molar-refractivity contribution < 1.29 is 0 Å². The fourth-order valence-corrected chi connectivity index (χ4v) is 5.36. The Morgan fingerprint density at radius 3 is 2.70 bits per heavy atom. The van der Waals surface area contributed by atoms with Gasteiger partial charge in [0.2, 0.25) is 5.95 Å². The number of fused-ring (bicyclic) bond motifs is 3. The molecule has 0 unspecified atom stereocenters. The number of aromatic nitrogens is 5. The van der Waals surface area contributed by atoms with Crippen molar-refractivity contribution in [3.63, 3.8) is 0 Å². The van der Waals surface area contributed by atoms with Crippen LogP contribution in [-0.2, 0) is 6.42 Å². The molecule has 7 heteroatoms. The second-order valence-corrected chi connectivity index (χ2v) is 9.21. The van der Waals surface area contributed by atoms with Gasteiger partial charge in [0, 0.05) is 54.5 Å². The first kappa shape index (κ1) is 20.1. The second kappa shape index (κ2) is 8.14. The number of nitrogens with one attached hydrogen (secondary N) is 1. The molecule has 1 fully saturated rings. The molecule has 33 heavy (non-hydrogen) atoms. The van der Waals surface area contributed by atoms with Gasteiger partial charge in [-0.2, -0.15) is 4.98 Å². The maximum Gasteiger partial charge on any atom is 0.227 e. The first-order valence-electron chi connectivity index (χ1n) is 12.0. The normalized spacial score (nSPS) is 18.5. The van der Waals surface area contributed by atoms with Crippen molar-refractivity contribution in [2.45, 2.75) is 45.6 Å². The van der Waals surface area contributed by atoms with Gasteiger partial charge in [0.15, 0.2) is 5.65 Å². The highest BCUT2D eigenvalue weighted by Crippen LogP contribution is 2.38. The van der Waals surface area contributed by atoms with Gasteiger partial charge in [-0.15, -0.1) is 10.2 Å². The summed E-state index contributed by atoms with van der Waals surface area (Å²) in [6.07, 6.45) is 6.61. The van der Waals surface area contributed by atoms with Crippen LogP contribution >= 0.6 is 0 Å². The van der Waals surface area contributed by atoms with E-state index in [1.54, 1.807) is 0 Å². The van der Waals surface area contributed by atoms with Gasteiger partial charge in [0.05, 0.1) is 11.7 Å². The number of benzene rings is 1. The Morgan fingerprint density at radius 2 is 1.85 bits per heavy atom. The third kappa shape index (κ3) is 3.52. The average molecular weight is 440 g/mol. The summed E-state index contributed by atoms with van der Waals surface area (Å²) >= 11 is 0. The second-order valence-electron chi connectivity index (χ2n) is 9.21. The Balaban J connectivity index is 1.37. The SMILES string of the molecule is Cc1ccccc1-c1cc2c3c([nH]c2nn1)CCN(c1nccc(N2CCCCC2)n1)[C@@H]3C. The zero-order chi connectivity index (χ0) is 22.4. The van der Waals surface area contributed by atoms with Crippen LogP contribution in [-0.4, -0.2) is 44.8 Å². The summed E-state index contributed by atoms with van der Waals surface area (Å²) in [4.78, 5) is 17.9. The molecule has 0 spiro atoms. The van der Waals surface area contributed by atoms with Gasteiger partial charge in [-0.05, 0) is 50.8 Å². The molecule has 6 rings (SSSR count). The lowest BCUT2D eigenvalue weighted by atomic mass is 9.97. The molecule has 1 atom stereocenters. The number of piperidine rings is 1. The van der Waals surface area contributed by atoms with Crippen LogP contribution in [0.1, 0.15) is 49.0 Å². The fraction of sp³-hybridized carbons (Fsp3) is 0.385. The lowest BCUT2D eigenvalue weighted by Gasteiger charge is -2.35. The van der Waals surface area contributed by atoms with Gasteiger partial charge in [0.25, 0.3) is 0 Å². The van der Waals surface area contributed by atoms with E-state index >= 15 is 0 Å². The lowest BCUT2D eigenvalue weighted by molar-refractivity contribution is 0.569. The van der Waals surface area contributed by atoms with E-state index in [9.17, 15) is 0 Å². The summed E-state index contributed by atoms with van der Waals surface area (Å²) in [5.41, 5.74) is 6.63. The van der Waals surface area contributed by atoms with E-state index in [4.69, 9.17) is 4.98 Å². The molecule has 0 radical (unpaired) electrons. The Morgan fingerprint density at radius 1 is 1.00 bits per heavy atom. The number of H-pyrrole nitrogens is 1. The van der Waals surface area contributed by atoms with Crippen LogP contribution < -0.4 is 9.80 Å². The van der Waals surface area contributed by atoms with Crippen LogP contribution in [0.25, 0.3) is 22.3 Å². The van der Waals surface area contributed by atoms with Crippen LogP contribution in [0.3, 0.4) is 0 Å². The van der Waals surface area contributed by atoms with E-state index < -0.39 is 0 Å². The number of anilines is 2. The highest BCUT2D eigenvalue weighted by atomic mass is 15.3. The predicted octanol–water partition coefficient (Wildman–Crippen LogP) is 4.84. The molecule has 168 valence electrons. The molecule has 7 nitrogen and oxygen atoms in total. The molecule has 4 aromatic rings. The Bertz CT molecular complexity index is 1310. The van der Waals surface area contributed by atoms with Crippen molar-refractivity contribution in [1.29, 1.82) is 0 Å². The number of aromatic amines is 1. The van der Waals surface area contributed by atoms with Gasteiger partial charge >= 0.3 is 0 Å². The summed E-state index contributed by atoms with van der Waals surface area (Å²) < 4.78 is 0. The first-order chi connectivity index (χ1) is 16.2. The molecular weight excluding hydrogens is 410 g/mol. The van der Waals surface area contributed by atoms with Crippen molar-refractivity contribution in [2.75, 3.05) is 29.4 Å². The van der Waals surface area contributed by atoms with Gasteiger partial charge in [-0.1, -0.05) is 24.3 Å². The van der Waals surface area contributed by atoms with Crippen LogP contribution in [0.5, 0.6) is 0 Å². The van der Waals surface area contributed by atoms with E-state index in [1.165, 1.54) is 36.1 Å². The molecule has 5 heterocycles. The first-order valence-corrected chi connectivity index (χ1v) is 12.0. The molecule has 0 saturated carbocycles. The molecule has 0 aliphatic carbocycles. The van der Waals surface area contributed by atoms with Crippen molar-refractivity contribution in [1.82, 2.24) is 25.1 Å². The van der Waals surface area contributed by atoms with Crippen LogP contribution in [0.4, 0.5) is 11.8 Å². The van der Waals surface area contributed by atoms with Gasteiger partial charge < -0.3 is 14.8 Å². The summed E-state index contributed by atoms with van der Waals surface area (Å²) in [6, 6.07) is 12.7. The monoisotopic (exact) mass is 439 g/mol. The van der Waals surface area contributed by atoms with Gasteiger partial charge in [-0.3, -0.25) is 0 Å². The molecule has 1 N–H and O–H groups in total. The molecule has 3 aromatic heterocycles. The highest BCUT2D eigenvalue weighted by Gasteiger charge is 2.30. The maximum absolute atomic E-state index is 4.99. The molecular formula is C26H29N7. The third-order valence-corrected chi connectivity index (χ3v) is 7.15. The number of hydrogen-bond donors (Lipinski definition) is 1. The molecule has 1 saturated heterocycles. The predicted molar refractivity (Wildman–Crippen MR) is 132 cm³/mol. The summed E-state index contributed by atoms with van der Waals surface area (Å²) in [6.45, 7) is 7.40. The van der Waals surface area contributed by atoms with E-state index in [2.05, 4.69) is 74.1 Å². The zero-order valence-corrected chi connectivity index (χ0v) is 19.3. The maximum atomic E-state index is 4.99. The molecule has 1 aromatic carbocycles. The van der Waals surface area contributed by atoms with Crippen LogP contribution in [0.15, 0.2) is 42.6 Å². The quantitative estimate of drug-likeness (QED) is 0.493. The smallest absolute Gasteiger partial charge is 0.227 e. The third-order valence-electron chi connectivity index (χ3n) is 7.15. The Labute approximate surface area is 193 Å². The summed E-state index contributed by atoms with van der Waals surface area (Å²) in [5, 5.41) is 10.2. The number of hydrogen-bond acceptors (Lipinski definition) is 6. The summed E-state index contributed by atoms with van der Waals surface area (Å²) in [7, 11) is 0.